The second-order valence-electron chi connectivity index (χ2n) is 4.51. The quantitative estimate of drug-likeness (QED) is 0.594. The van der Waals surface area contributed by atoms with Crippen molar-refractivity contribution in [3.05, 3.63) is 71.3 Å². The molecule has 0 aliphatic heterocycles. The van der Waals surface area contributed by atoms with Gasteiger partial charge in [0.15, 0.2) is 0 Å². The van der Waals surface area contributed by atoms with Gasteiger partial charge in [-0.3, -0.25) is 0 Å². The van der Waals surface area contributed by atoms with Gasteiger partial charge in [-0.15, -0.1) is 0 Å². The molecule has 0 saturated carbocycles. The Kier molecular flexibility index (Phi) is 4.62. The predicted molar refractivity (Wildman–Crippen MR) is 74.9 cm³/mol. The van der Waals surface area contributed by atoms with E-state index in [1.807, 2.05) is 30.3 Å². The van der Waals surface area contributed by atoms with Gasteiger partial charge in [0.2, 0.25) is 0 Å². The highest BCUT2D eigenvalue weighted by Gasteiger charge is 2.30. The average Bonchev–Trinajstić information content (AvgIpc) is 2.47. The average molecular weight is 293 g/mol. The molecule has 0 atom stereocenters. The zero-order valence-electron chi connectivity index (χ0n) is 11.4. The summed E-state index contributed by atoms with van der Waals surface area (Å²) in [4.78, 5) is 5.17. The van der Waals surface area contributed by atoms with E-state index in [1.165, 1.54) is 6.07 Å². The van der Waals surface area contributed by atoms with Crippen LogP contribution >= 0.6 is 0 Å². The Hall–Kier alpha value is -2.30. The molecule has 2 nitrogen and oxygen atoms in total. The molecular weight excluding hydrogens is 279 g/mol. The van der Waals surface area contributed by atoms with Gasteiger partial charge in [-0.25, -0.2) is 0 Å². The number of rotatable bonds is 4. The van der Waals surface area contributed by atoms with E-state index in [9.17, 15) is 13.2 Å². The lowest BCUT2D eigenvalue weighted by molar-refractivity contribution is -0.137. The van der Waals surface area contributed by atoms with Crippen molar-refractivity contribution in [1.82, 2.24) is 0 Å². The molecule has 0 saturated heterocycles. The molecular formula is C16H14F3NO. The molecule has 5 heteroatoms. The van der Waals surface area contributed by atoms with Crippen LogP contribution < -0.4 is 0 Å². The van der Waals surface area contributed by atoms with Gasteiger partial charge in [0.05, 0.1) is 11.3 Å². The number of benzene rings is 2. The van der Waals surface area contributed by atoms with E-state index in [1.54, 1.807) is 13.0 Å². The second-order valence-corrected chi connectivity index (χ2v) is 4.51. The lowest BCUT2D eigenvalue weighted by atomic mass is 10.1. The summed E-state index contributed by atoms with van der Waals surface area (Å²) in [5.41, 5.74) is 1.03. The topological polar surface area (TPSA) is 21.6 Å². The first kappa shape index (κ1) is 15.1. The highest BCUT2D eigenvalue weighted by Crippen LogP contribution is 2.29. The monoisotopic (exact) mass is 293 g/mol. The van der Waals surface area contributed by atoms with Crippen LogP contribution in [0.1, 0.15) is 23.6 Å². The molecule has 0 spiro atoms. The molecule has 2 aromatic carbocycles. The van der Waals surface area contributed by atoms with Crippen molar-refractivity contribution in [3.8, 4) is 0 Å². The van der Waals surface area contributed by atoms with E-state index < -0.39 is 11.7 Å². The van der Waals surface area contributed by atoms with E-state index in [0.717, 1.165) is 17.7 Å². The van der Waals surface area contributed by atoms with Gasteiger partial charge < -0.3 is 4.84 Å². The number of hydrogen-bond donors (Lipinski definition) is 0. The number of alkyl halides is 3. The molecule has 0 heterocycles. The molecule has 110 valence electrons. The third-order valence-corrected chi connectivity index (χ3v) is 2.88. The third-order valence-electron chi connectivity index (χ3n) is 2.88. The Bertz CT molecular complexity index is 621. The Labute approximate surface area is 120 Å². The van der Waals surface area contributed by atoms with E-state index in [-0.39, 0.29) is 6.61 Å². The van der Waals surface area contributed by atoms with Crippen molar-refractivity contribution in [2.45, 2.75) is 19.7 Å². The van der Waals surface area contributed by atoms with Crippen LogP contribution in [0.4, 0.5) is 13.2 Å². The predicted octanol–water partition coefficient (Wildman–Crippen LogP) is 4.65. The Morgan fingerprint density at radius 1 is 1.05 bits per heavy atom. The summed E-state index contributed by atoms with van der Waals surface area (Å²) in [6, 6.07) is 14.4. The molecule has 0 unspecified atom stereocenters. The summed E-state index contributed by atoms with van der Waals surface area (Å²) in [5, 5.41) is 3.86. The molecule has 21 heavy (non-hydrogen) atoms. The third kappa shape index (κ3) is 4.34. The SMILES string of the molecule is CC(=NOCc1ccccc1)c1cccc(C(F)(F)F)c1. The van der Waals surface area contributed by atoms with Crippen LogP contribution in [0, 0.1) is 0 Å². The number of oxime groups is 1. The van der Waals surface area contributed by atoms with Gasteiger partial charge in [-0.05, 0) is 30.2 Å². The van der Waals surface area contributed by atoms with Crippen LogP contribution in [0.3, 0.4) is 0 Å². The highest BCUT2D eigenvalue weighted by atomic mass is 19.4. The first-order valence-electron chi connectivity index (χ1n) is 6.35. The summed E-state index contributed by atoms with van der Waals surface area (Å²) in [5.74, 6) is 0. The normalized spacial score (nSPS) is 12.3. The van der Waals surface area contributed by atoms with Crippen LogP contribution in [0.15, 0.2) is 59.8 Å². The zero-order chi connectivity index (χ0) is 15.3. The fourth-order valence-electron chi connectivity index (χ4n) is 1.75. The maximum Gasteiger partial charge on any atom is 0.416 e. The second kappa shape index (κ2) is 6.43. The molecule has 0 aliphatic rings. The van der Waals surface area contributed by atoms with E-state index in [2.05, 4.69) is 5.16 Å². The summed E-state index contributed by atoms with van der Waals surface area (Å²) in [6.07, 6.45) is -4.36. The standard InChI is InChI=1S/C16H14F3NO/c1-12(20-21-11-13-6-3-2-4-7-13)14-8-5-9-15(10-14)16(17,18)19/h2-10H,11H2,1H3. The van der Waals surface area contributed by atoms with Gasteiger partial charge >= 0.3 is 6.18 Å². The van der Waals surface area contributed by atoms with Crippen molar-refractivity contribution in [3.63, 3.8) is 0 Å². The molecule has 0 bridgehead atoms. The molecule has 0 aromatic heterocycles. The van der Waals surface area contributed by atoms with Gasteiger partial charge in [0, 0.05) is 0 Å². The smallest absolute Gasteiger partial charge is 0.391 e. The van der Waals surface area contributed by atoms with Crippen LogP contribution in [0.2, 0.25) is 0 Å². The first-order valence-corrected chi connectivity index (χ1v) is 6.35. The highest BCUT2D eigenvalue weighted by molar-refractivity contribution is 5.98. The fraction of sp³-hybridized carbons (Fsp3) is 0.188. The molecule has 0 radical (unpaired) electrons. The summed E-state index contributed by atoms with van der Waals surface area (Å²) in [7, 11) is 0. The molecule has 2 rings (SSSR count). The Morgan fingerprint density at radius 3 is 2.43 bits per heavy atom. The van der Waals surface area contributed by atoms with Gasteiger partial charge in [-0.2, -0.15) is 13.2 Å². The van der Waals surface area contributed by atoms with Crippen molar-refractivity contribution in [2.75, 3.05) is 0 Å². The van der Waals surface area contributed by atoms with Gasteiger partial charge in [0.1, 0.15) is 6.61 Å². The maximum absolute atomic E-state index is 12.6. The minimum Gasteiger partial charge on any atom is -0.391 e. The van der Waals surface area contributed by atoms with Crippen LogP contribution in [0.25, 0.3) is 0 Å². The van der Waals surface area contributed by atoms with E-state index in [0.29, 0.717) is 11.3 Å². The van der Waals surface area contributed by atoms with Crippen molar-refractivity contribution in [2.24, 2.45) is 5.16 Å². The number of nitrogens with zero attached hydrogens (tertiary/aromatic N) is 1. The Balaban J connectivity index is 2.06. The van der Waals surface area contributed by atoms with Crippen LogP contribution in [-0.2, 0) is 17.6 Å². The minimum absolute atomic E-state index is 0.275. The van der Waals surface area contributed by atoms with E-state index in [4.69, 9.17) is 4.84 Å². The molecule has 0 fully saturated rings. The molecule has 0 N–H and O–H groups in total. The van der Waals surface area contributed by atoms with Crippen molar-refractivity contribution < 1.29 is 18.0 Å². The van der Waals surface area contributed by atoms with E-state index >= 15 is 0 Å². The van der Waals surface area contributed by atoms with Crippen molar-refractivity contribution in [1.29, 1.82) is 0 Å². The maximum atomic E-state index is 12.6. The minimum atomic E-state index is -4.36. The van der Waals surface area contributed by atoms with Crippen LogP contribution in [0.5, 0.6) is 0 Å². The molecule has 0 amide bonds. The molecule has 0 aliphatic carbocycles. The van der Waals surface area contributed by atoms with Crippen molar-refractivity contribution >= 4 is 5.71 Å². The summed E-state index contributed by atoms with van der Waals surface area (Å²) >= 11 is 0. The number of halogens is 3. The first-order chi connectivity index (χ1) is 9.97. The molecule has 2 aromatic rings. The fourth-order valence-corrected chi connectivity index (χ4v) is 1.75. The number of hydrogen-bond acceptors (Lipinski definition) is 2. The lowest BCUT2D eigenvalue weighted by Gasteiger charge is -2.08. The lowest BCUT2D eigenvalue weighted by Crippen LogP contribution is -2.06. The van der Waals surface area contributed by atoms with Crippen LogP contribution in [-0.4, -0.2) is 5.71 Å². The Morgan fingerprint density at radius 2 is 1.76 bits per heavy atom. The summed E-state index contributed by atoms with van der Waals surface area (Å²) < 4.78 is 37.9. The largest absolute Gasteiger partial charge is 0.416 e. The van der Waals surface area contributed by atoms with Gasteiger partial charge in [-0.1, -0.05) is 47.6 Å². The summed E-state index contributed by atoms with van der Waals surface area (Å²) in [6.45, 7) is 1.89. The zero-order valence-corrected chi connectivity index (χ0v) is 11.4. The van der Waals surface area contributed by atoms with Gasteiger partial charge in [0.25, 0.3) is 0 Å².